The second-order valence-corrected chi connectivity index (χ2v) is 5.66. The molecule has 3 aromatic rings. The van der Waals surface area contributed by atoms with Gasteiger partial charge in [-0.1, -0.05) is 18.2 Å². The van der Waals surface area contributed by atoms with Gasteiger partial charge in [-0.25, -0.2) is 4.39 Å². The number of aryl methyl sites for hydroxylation is 1. The number of H-pyrrole nitrogens is 1. The standard InChI is InChI=1S/C19H21FN2O/c1-13-16(17-11-15(20)7-8-18(17)22-13)9-10-21-12-14-5-3-4-6-19(14)23-2/h3-8,11,21-22H,9-10,12H2,1-2H3. The third kappa shape index (κ3) is 3.37. The maximum Gasteiger partial charge on any atom is 0.123 e. The summed E-state index contributed by atoms with van der Waals surface area (Å²) in [4.78, 5) is 3.32. The summed E-state index contributed by atoms with van der Waals surface area (Å²) in [7, 11) is 1.68. The third-order valence-electron chi connectivity index (χ3n) is 4.14. The predicted molar refractivity (Wildman–Crippen MR) is 91.4 cm³/mol. The van der Waals surface area contributed by atoms with Crippen molar-refractivity contribution in [2.45, 2.75) is 19.9 Å². The summed E-state index contributed by atoms with van der Waals surface area (Å²) < 4.78 is 18.8. The average molecular weight is 312 g/mol. The van der Waals surface area contributed by atoms with Crippen molar-refractivity contribution >= 4 is 10.9 Å². The van der Waals surface area contributed by atoms with Crippen LogP contribution in [0.1, 0.15) is 16.8 Å². The molecule has 120 valence electrons. The number of fused-ring (bicyclic) bond motifs is 1. The number of halogens is 1. The molecule has 0 fully saturated rings. The van der Waals surface area contributed by atoms with Crippen LogP contribution in [0.25, 0.3) is 10.9 Å². The molecule has 0 unspecified atom stereocenters. The fourth-order valence-electron chi connectivity index (χ4n) is 2.96. The van der Waals surface area contributed by atoms with Crippen LogP contribution in [0.4, 0.5) is 4.39 Å². The van der Waals surface area contributed by atoms with Crippen molar-refractivity contribution in [3.8, 4) is 5.75 Å². The van der Waals surface area contributed by atoms with Crippen molar-refractivity contribution in [1.82, 2.24) is 10.3 Å². The topological polar surface area (TPSA) is 37.0 Å². The molecule has 3 rings (SSSR count). The summed E-state index contributed by atoms with van der Waals surface area (Å²) in [5, 5.41) is 4.41. The van der Waals surface area contributed by atoms with Crippen molar-refractivity contribution in [3.63, 3.8) is 0 Å². The van der Waals surface area contributed by atoms with E-state index in [9.17, 15) is 4.39 Å². The Bertz CT molecular complexity index is 810. The zero-order chi connectivity index (χ0) is 16.2. The van der Waals surface area contributed by atoms with E-state index in [1.54, 1.807) is 19.2 Å². The average Bonchev–Trinajstić information content (AvgIpc) is 2.87. The molecule has 23 heavy (non-hydrogen) atoms. The van der Waals surface area contributed by atoms with Crippen molar-refractivity contribution in [2.75, 3.05) is 13.7 Å². The fourth-order valence-corrected chi connectivity index (χ4v) is 2.96. The van der Waals surface area contributed by atoms with E-state index in [2.05, 4.69) is 16.4 Å². The Morgan fingerprint density at radius 1 is 1.17 bits per heavy atom. The van der Waals surface area contributed by atoms with Gasteiger partial charge in [0.1, 0.15) is 11.6 Å². The summed E-state index contributed by atoms with van der Waals surface area (Å²) in [5.41, 5.74) is 4.40. The lowest BCUT2D eigenvalue weighted by molar-refractivity contribution is 0.408. The Labute approximate surface area is 135 Å². The van der Waals surface area contributed by atoms with Crippen LogP contribution in [0.3, 0.4) is 0 Å². The second-order valence-electron chi connectivity index (χ2n) is 5.66. The maximum atomic E-state index is 13.5. The number of nitrogens with one attached hydrogen (secondary N) is 2. The van der Waals surface area contributed by atoms with Gasteiger partial charge < -0.3 is 15.0 Å². The number of benzene rings is 2. The van der Waals surface area contributed by atoms with E-state index < -0.39 is 0 Å². The van der Waals surface area contributed by atoms with E-state index in [4.69, 9.17) is 4.74 Å². The van der Waals surface area contributed by atoms with Gasteiger partial charge in [-0.15, -0.1) is 0 Å². The number of rotatable bonds is 6. The number of aromatic nitrogens is 1. The van der Waals surface area contributed by atoms with Crippen molar-refractivity contribution in [1.29, 1.82) is 0 Å². The van der Waals surface area contributed by atoms with Gasteiger partial charge >= 0.3 is 0 Å². The molecule has 0 saturated carbocycles. The monoisotopic (exact) mass is 312 g/mol. The lowest BCUT2D eigenvalue weighted by Gasteiger charge is -2.09. The summed E-state index contributed by atoms with van der Waals surface area (Å²) in [6.07, 6.45) is 0.852. The van der Waals surface area contributed by atoms with Crippen LogP contribution < -0.4 is 10.1 Å². The molecule has 0 amide bonds. The highest BCUT2D eigenvalue weighted by molar-refractivity contribution is 5.84. The number of aromatic amines is 1. The second kappa shape index (κ2) is 6.84. The molecule has 4 heteroatoms. The highest BCUT2D eigenvalue weighted by atomic mass is 19.1. The van der Waals surface area contributed by atoms with Crippen molar-refractivity contribution < 1.29 is 9.13 Å². The number of methoxy groups -OCH3 is 1. The van der Waals surface area contributed by atoms with Gasteiger partial charge in [0.2, 0.25) is 0 Å². The number of hydrogen-bond donors (Lipinski definition) is 2. The first kappa shape index (κ1) is 15.6. The third-order valence-corrected chi connectivity index (χ3v) is 4.14. The molecule has 0 aliphatic carbocycles. The minimum Gasteiger partial charge on any atom is -0.496 e. The lowest BCUT2D eigenvalue weighted by atomic mass is 10.1. The van der Waals surface area contributed by atoms with Crippen LogP contribution in [0, 0.1) is 12.7 Å². The Balaban J connectivity index is 1.65. The van der Waals surface area contributed by atoms with Gasteiger partial charge in [0.15, 0.2) is 0 Å². The first-order chi connectivity index (χ1) is 11.2. The van der Waals surface area contributed by atoms with Gasteiger partial charge in [-0.2, -0.15) is 0 Å². The van der Waals surface area contributed by atoms with Gasteiger partial charge in [-0.3, -0.25) is 0 Å². The molecule has 3 nitrogen and oxygen atoms in total. The molecule has 0 radical (unpaired) electrons. The van der Waals surface area contributed by atoms with Crippen LogP contribution in [-0.2, 0) is 13.0 Å². The predicted octanol–water partition coefficient (Wildman–Crippen LogP) is 3.96. The van der Waals surface area contributed by atoms with Gasteiger partial charge in [0.05, 0.1) is 7.11 Å². The minimum atomic E-state index is -0.195. The largest absolute Gasteiger partial charge is 0.496 e. The molecule has 0 bridgehead atoms. The van der Waals surface area contributed by atoms with Gasteiger partial charge in [0, 0.05) is 28.7 Å². The van der Waals surface area contributed by atoms with Crippen LogP contribution in [0.15, 0.2) is 42.5 Å². The fraction of sp³-hybridized carbons (Fsp3) is 0.263. The summed E-state index contributed by atoms with van der Waals surface area (Å²) in [6.45, 7) is 3.61. The molecular weight excluding hydrogens is 291 g/mol. The van der Waals surface area contributed by atoms with Gasteiger partial charge in [0.25, 0.3) is 0 Å². The number of para-hydroxylation sites is 1. The molecule has 0 saturated heterocycles. The quantitative estimate of drug-likeness (QED) is 0.676. The highest BCUT2D eigenvalue weighted by Gasteiger charge is 2.09. The van der Waals surface area contributed by atoms with Crippen molar-refractivity contribution in [2.24, 2.45) is 0 Å². The van der Waals surface area contributed by atoms with E-state index >= 15 is 0 Å². The molecular formula is C19H21FN2O. The van der Waals surface area contributed by atoms with Gasteiger partial charge in [-0.05, 0) is 49.7 Å². The molecule has 2 aromatic carbocycles. The van der Waals surface area contributed by atoms with Crippen LogP contribution in [-0.4, -0.2) is 18.6 Å². The van der Waals surface area contributed by atoms with Crippen LogP contribution in [0.5, 0.6) is 5.75 Å². The van der Waals surface area contributed by atoms with E-state index in [1.807, 2.05) is 25.1 Å². The van der Waals surface area contributed by atoms with Crippen LogP contribution >= 0.6 is 0 Å². The zero-order valence-corrected chi connectivity index (χ0v) is 13.4. The lowest BCUT2D eigenvalue weighted by Crippen LogP contribution is -2.17. The van der Waals surface area contributed by atoms with Crippen molar-refractivity contribution in [3.05, 3.63) is 65.1 Å². The minimum absolute atomic E-state index is 0.195. The molecule has 0 spiro atoms. The van der Waals surface area contributed by atoms with E-state index in [0.717, 1.165) is 47.4 Å². The number of hydrogen-bond acceptors (Lipinski definition) is 2. The molecule has 1 aromatic heterocycles. The Hall–Kier alpha value is -2.33. The molecule has 0 atom stereocenters. The van der Waals surface area contributed by atoms with E-state index in [-0.39, 0.29) is 5.82 Å². The molecule has 2 N–H and O–H groups in total. The molecule has 0 aliphatic heterocycles. The first-order valence-corrected chi connectivity index (χ1v) is 7.78. The molecule has 0 aliphatic rings. The zero-order valence-electron chi connectivity index (χ0n) is 13.4. The Kier molecular flexibility index (Phi) is 4.63. The Morgan fingerprint density at radius 2 is 2.00 bits per heavy atom. The number of ether oxygens (including phenoxy) is 1. The van der Waals surface area contributed by atoms with E-state index in [1.165, 1.54) is 11.6 Å². The summed E-state index contributed by atoms with van der Waals surface area (Å²) >= 11 is 0. The smallest absolute Gasteiger partial charge is 0.123 e. The highest BCUT2D eigenvalue weighted by Crippen LogP contribution is 2.23. The van der Waals surface area contributed by atoms with E-state index in [0.29, 0.717) is 0 Å². The Morgan fingerprint density at radius 3 is 2.83 bits per heavy atom. The first-order valence-electron chi connectivity index (χ1n) is 7.78. The summed E-state index contributed by atoms with van der Waals surface area (Å²) in [6, 6.07) is 12.9. The van der Waals surface area contributed by atoms with Crippen LogP contribution in [0.2, 0.25) is 0 Å². The normalized spacial score (nSPS) is 11.1. The summed E-state index contributed by atoms with van der Waals surface area (Å²) in [5.74, 6) is 0.699. The molecule has 1 heterocycles. The maximum absolute atomic E-state index is 13.5. The SMILES string of the molecule is COc1ccccc1CNCCc1c(C)[nH]c2ccc(F)cc12.